The molecule has 1 amide bonds. The number of hydrogen-bond donors (Lipinski definition) is 2. The van der Waals surface area contributed by atoms with Crippen molar-refractivity contribution in [1.29, 1.82) is 0 Å². The predicted octanol–water partition coefficient (Wildman–Crippen LogP) is 3.38. The minimum absolute atomic E-state index is 0.0249. The van der Waals surface area contributed by atoms with E-state index in [0.717, 1.165) is 28.0 Å². The van der Waals surface area contributed by atoms with E-state index < -0.39 is 0 Å². The molecule has 4 nitrogen and oxygen atoms in total. The first-order valence-electron chi connectivity index (χ1n) is 7.06. The Kier molecular flexibility index (Phi) is 4.11. The van der Waals surface area contributed by atoms with Crippen LogP contribution in [-0.4, -0.2) is 15.9 Å². The number of fused-ring (bicyclic) bond motifs is 1. The molecule has 3 rings (SSSR count). The number of carbonyl (C=O) groups excluding carboxylic acids is 1. The number of nitrogens with zero attached hydrogens (tertiary/aromatic N) is 1. The van der Waals surface area contributed by atoms with Crippen molar-refractivity contribution in [2.75, 3.05) is 0 Å². The molecule has 5 heteroatoms. The molecule has 0 aliphatic carbocycles. The Bertz CT molecular complexity index is 826. The summed E-state index contributed by atoms with van der Waals surface area (Å²) in [5.41, 5.74) is 3.87. The molecule has 22 heavy (non-hydrogen) atoms. The first-order chi connectivity index (χ1) is 10.6. The van der Waals surface area contributed by atoms with Crippen LogP contribution in [0.15, 0.2) is 42.5 Å². The fourth-order valence-electron chi connectivity index (χ4n) is 2.39. The van der Waals surface area contributed by atoms with Crippen LogP contribution >= 0.6 is 11.6 Å². The molecule has 0 radical (unpaired) electrons. The first-order valence-corrected chi connectivity index (χ1v) is 7.44. The second kappa shape index (κ2) is 6.20. The van der Waals surface area contributed by atoms with Crippen LogP contribution in [0.4, 0.5) is 0 Å². The molecule has 0 aliphatic rings. The number of halogens is 1. The highest BCUT2D eigenvalue weighted by molar-refractivity contribution is 6.30. The summed E-state index contributed by atoms with van der Waals surface area (Å²) in [6.07, 6.45) is 0.325. The summed E-state index contributed by atoms with van der Waals surface area (Å²) in [5.74, 6) is 0.861. The number of benzene rings is 2. The molecule has 2 aromatic carbocycles. The molecule has 3 aromatic rings. The van der Waals surface area contributed by atoms with Crippen LogP contribution in [0, 0.1) is 6.92 Å². The van der Waals surface area contributed by atoms with E-state index in [9.17, 15) is 4.79 Å². The number of carbonyl (C=O) groups is 1. The molecule has 0 aliphatic heterocycles. The summed E-state index contributed by atoms with van der Waals surface area (Å²) < 4.78 is 0. The van der Waals surface area contributed by atoms with Gasteiger partial charge in [-0.05, 0) is 42.3 Å². The van der Waals surface area contributed by atoms with E-state index in [1.165, 1.54) is 0 Å². The highest BCUT2D eigenvalue weighted by Crippen LogP contribution is 2.14. The van der Waals surface area contributed by atoms with E-state index in [2.05, 4.69) is 15.3 Å². The van der Waals surface area contributed by atoms with Crippen LogP contribution in [-0.2, 0) is 17.8 Å². The third kappa shape index (κ3) is 3.46. The second-order valence-electron chi connectivity index (χ2n) is 5.26. The zero-order valence-corrected chi connectivity index (χ0v) is 12.9. The standard InChI is InChI=1S/C17H16ClN3O/c1-11-20-15-6-5-13(8-16(15)21-11)10-19-17(22)9-12-3-2-4-14(18)7-12/h2-8H,9-10H2,1H3,(H,19,22)(H,20,21). The monoisotopic (exact) mass is 313 g/mol. The normalized spacial score (nSPS) is 10.8. The van der Waals surface area contributed by atoms with Gasteiger partial charge in [-0.15, -0.1) is 0 Å². The fraction of sp³-hybridized carbons (Fsp3) is 0.176. The van der Waals surface area contributed by atoms with Crippen molar-refractivity contribution >= 4 is 28.5 Å². The molecule has 112 valence electrons. The van der Waals surface area contributed by atoms with Gasteiger partial charge in [0.2, 0.25) is 5.91 Å². The average Bonchev–Trinajstić information content (AvgIpc) is 2.84. The van der Waals surface area contributed by atoms with Gasteiger partial charge < -0.3 is 10.3 Å². The number of aromatic nitrogens is 2. The Morgan fingerprint density at radius 1 is 1.23 bits per heavy atom. The molecule has 1 aromatic heterocycles. The SMILES string of the molecule is Cc1nc2ccc(CNC(=O)Cc3cccc(Cl)c3)cc2[nH]1. The van der Waals surface area contributed by atoms with Gasteiger partial charge in [-0.1, -0.05) is 29.8 Å². The van der Waals surface area contributed by atoms with Crippen molar-refractivity contribution in [3.63, 3.8) is 0 Å². The van der Waals surface area contributed by atoms with Gasteiger partial charge in [0, 0.05) is 11.6 Å². The van der Waals surface area contributed by atoms with E-state index in [-0.39, 0.29) is 5.91 Å². The zero-order chi connectivity index (χ0) is 15.5. The van der Waals surface area contributed by atoms with Crippen LogP contribution in [0.1, 0.15) is 17.0 Å². The van der Waals surface area contributed by atoms with Crippen molar-refractivity contribution in [2.24, 2.45) is 0 Å². The lowest BCUT2D eigenvalue weighted by Gasteiger charge is -2.06. The molecule has 0 bridgehead atoms. The molecular formula is C17H16ClN3O. The largest absolute Gasteiger partial charge is 0.352 e. The van der Waals surface area contributed by atoms with Crippen LogP contribution in [0.25, 0.3) is 11.0 Å². The van der Waals surface area contributed by atoms with Gasteiger partial charge in [-0.3, -0.25) is 4.79 Å². The van der Waals surface area contributed by atoms with Crippen LogP contribution in [0.3, 0.4) is 0 Å². The molecule has 0 atom stereocenters. The lowest BCUT2D eigenvalue weighted by molar-refractivity contribution is -0.120. The van der Waals surface area contributed by atoms with Crippen LogP contribution in [0.5, 0.6) is 0 Å². The van der Waals surface area contributed by atoms with E-state index in [4.69, 9.17) is 11.6 Å². The maximum Gasteiger partial charge on any atom is 0.224 e. The summed E-state index contributed by atoms with van der Waals surface area (Å²) in [5, 5.41) is 3.57. The maximum atomic E-state index is 12.0. The summed E-state index contributed by atoms with van der Waals surface area (Å²) in [6, 6.07) is 13.3. The number of aryl methyl sites for hydroxylation is 1. The summed E-state index contributed by atoms with van der Waals surface area (Å²) in [4.78, 5) is 19.5. The second-order valence-corrected chi connectivity index (χ2v) is 5.69. The van der Waals surface area contributed by atoms with Crippen molar-refractivity contribution in [3.8, 4) is 0 Å². The van der Waals surface area contributed by atoms with Gasteiger partial charge >= 0.3 is 0 Å². The minimum atomic E-state index is -0.0249. The summed E-state index contributed by atoms with van der Waals surface area (Å²) >= 11 is 5.92. The Hall–Kier alpha value is -2.33. The van der Waals surface area contributed by atoms with Gasteiger partial charge in [0.25, 0.3) is 0 Å². The van der Waals surface area contributed by atoms with Crippen molar-refractivity contribution < 1.29 is 4.79 Å². The number of rotatable bonds is 4. The molecule has 0 saturated heterocycles. The first kappa shape index (κ1) is 14.6. The third-order valence-corrected chi connectivity index (χ3v) is 3.64. The number of imidazole rings is 1. The molecule has 1 heterocycles. The van der Waals surface area contributed by atoms with E-state index >= 15 is 0 Å². The minimum Gasteiger partial charge on any atom is -0.352 e. The third-order valence-electron chi connectivity index (χ3n) is 3.41. The lowest BCUT2D eigenvalue weighted by Crippen LogP contribution is -2.24. The number of nitrogens with one attached hydrogen (secondary N) is 2. The van der Waals surface area contributed by atoms with Crippen molar-refractivity contribution in [2.45, 2.75) is 19.9 Å². The quantitative estimate of drug-likeness (QED) is 0.775. The Labute approximate surface area is 133 Å². The van der Waals surface area contributed by atoms with Crippen molar-refractivity contribution in [1.82, 2.24) is 15.3 Å². The van der Waals surface area contributed by atoms with E-state index in [0.29, 0.717) is 18.0 Å². The van der Waals surface area contributed by atoms with Gasteiger partial charge in [0.15, 0.2) is 0 Å². The number of H-pyrrole nitrogens is 1. The predicted molar refractivity (Wildman–Crippen MR) is 87.8 cm³/mol. The molecule has 0 spiro atoms. The highest BCUT2D eigenvalue weighted by Gasteiger charge is 2.05. The fourth-order valence-corrected chi connectivity index (χ4v) is 2.60. The van der Waals surface area contributed by atoms with Gasteiger partial charge in [-0.25, -0.2) is 4.98 Å². The summed E-state index contributed by atoms with van der Waals surface area (Å²) in [6.45, 7) is 2.42. The Morgan fingerprint density at radius 2 is 2.09 bits per heavy atom. The van der Waals surface area contributed by atoms with E-state index in [1.807, 2.05) is 37.3 Å². The lowest BCUT2D eigenvalue weighted by atomic mass is 10.1. The molecule has 0 saturated carbocycles. The van der Waals surface area contributed by atoms with Crippen LogP contribution < -0.4 is 5.32 Å². The maximum absolute atomic E-state index is 12.0. The number of hydrogen-bond acceptors (Lipinski definition) is 2. The average molecular weight is 314 g/mol. The van der Waals surface area contributed by atoms with E-state index in [1.54, 1.807) is 12.1 Å². The Balaban J connectivity index is 1.62. The summed E-state index contributed by atoms with van der Waals surface area (Å²) in [7, 11) is 0. The van der Waals surface area contributed by atoms with Gasteiger partial charge in [-0.2, -0.15) is 0 Å². The number of amides is 1. The molecular weight excluding hydrogens is 298 g/mol. The van der Waals surface area contributed by atoms with Crippen molar-refractivity contribution in [3.05, 3.63) is 64.4 Å². The smallest absolute Gasteiger partial charge is 0.224 e. The number of aromatic amines is 1. The Morgan fingerprint density at radius 3 is 2.91 bits per heavy atom. The topological polar surface area (TPSA) is 57.8 Å². The molecule has 2 N–H and O–H groups in total. The molecule has 0 unspecified atom stereocenters. The highest BCUT2D eigenvalue weighted by atomic mass is 35.5. The van der Waals surface area contributed by atoms with Crippen LogP contribution in [0.2, 0.25) is 5.02 Å². The molecule has 0 fully saturated rings. The van der Waals surface area contributed by atoms with Gasteiger partial charge in [0.05, 0.1) is 17.5 Å². The van der Waals surface area contributed by atoms with Gasteiger partial charge in [0.1, 0.15) is 5.82 Å². The zero-order valence-electron chi connectivity index (χ0n) is 12.2.